The molecule has 0 spiro atoms. The summed E-state index contributed by atoms with van der Waals surface area (Å²) >= 11 is -0.212. The lowest BCUT2D eigenvalue weighted by molar-refractivity contribution is 0.0953. The molecular formula is C12H16FNO2S. The van der Waals surface area contributed by atoms with Gasteiger partial charge in [0.05, 0.1) is 0 Å². The molecule has 0 saturated carbocycles. The Morgan fingerprint density at radius 3 is 2.65 bits per heavy atom. The summed E-state index contributed by atoms with van der Waals surface area (Å²) in [6.07, 6.45) is 3.23. The summed E-state index contributed by atoms with van der Waals surface area (Å²) in [5.74, 6) is 0.278. The number of hydrogen-bond acceptors (Lipinski definition) is 3. The Morgan fingerprint density at radius 1 is 1.35 bits per heavy atom. The Kier molecular flexibility index (Phi) is 6.47. The SMILES string of the molecule is CCCCCNC(=O)c1ccc(OSF)cc1. The second-order valence-corrected chi connectivity index (χ2v) is 3.93. The lowest BCUT2D eigenvalue weighted by Crippen LogP contribution is -2.24. The fourth-order valence-corrected chi connectivity index (χ4v) is 1.56. The number of nitrogens with one attached hydrogen (secondary N) is 1. The molecule has 0 bridgehead atoms. The first-order valence-corrected chi connectivity index (χ1v) is 6.25. The van der Waals surface area contributed by atoms with Gasteiger partial charge in [-0.3, -0.25) is 4.79 Å². The van der Waals surface area contributed by atoms with Crippen LogP contribution in [0.5, 0.6) is 5.75 Å². The highest BCUT2D eigenvalue weighted by molar-refractivity contribution is 7.89. The summed E-state index contributed by atoms with van der Waals surface area (Å²) in [6, 6.07) is 6.35. The van der Waals surface area contributed by atoms with E-state index in [2.05, 4.69) is 16.4 Å². The number of carbonyl (C=O) groups is 1. The van der Waals surface area contributed by atoms with Crippen LogP contribution >= 0.6 is 12.4 Å². The highest BCUT2D eigenvalue weighted by Crippen LogP contribution is 2.17. The summed E-state index contributed by atoms with van der Waals surface area (Å²) in [7, 11) is 0. The van der Waals surface area contributed by atoms with Gasteiger partial charge in [0.2, 0.25) is 0 Å². The van der Waals surface area contributed by atoms with E-state index in [0.717, 1.165) is 19.3 Å². The van der Waals surface area contributed by atoms with E-state index >= 15 is 0 Å². The third-order valence-corrected chi connectivity index (χ3v) is 2.57. The van der Waals surface area contributed by atoms with Crippen LogP contribution in [0.3, 0.4) is 0 Å². The first-order valence-electron chi connectivity index (χ1n) is 5.61. The van der Waals surface area contributed by atoms with E-state index < -0.39 is 0 Å². The molecular weight excluding hydrogens is 241 g/mol. The van der Waals surface area contributed by atoms with Gasteiger partial charge in [-0.05, 0) is 30.7 Å². The summed E-state index contributed by atoms with van der Waals surface area (Å²) in [5.41, 5.74) is 0.553. The number of hydrogen-bond donors (Lipinski definition) is 1. The average Bonchev–Trinajstić information content (AvgIpc) is 2.36. The molecule has 1 N–H and O–H groups in total. The van der Waals surface area contributed by atoms with Crippen LogP contribution in [0.25, 0.3) is 0 Å². The lowest BCUT2D eigenvalue weighted by atomic mass is 10.2. The Labute approximate surface area is 105 Å². The molecule has 0 aliphatic carbocycles. The number of rotatable bonds is 7. The minimum atomic E-state index is -0.212. The summed E-state index contributed by atoms with van der Waals surface area (Å²) < 4.78 is 16.4. The van der Waals surface area contributed by atoms with Crippen molar-refractivity contribution in [2.75, 3.05) is 6.54 Å². The van der Waals surface area contributed by atoms with Crippen molar-refractivity contribution in [3.05, 3.63) is 29.8 Å². The summed E-state index contributed by atoms with van der Waals surface area (Å²) in [6.45, 7) is 2.80. The predicted octanol–water partition coefficient (Wildman–Crippen LogP) is 3.52. The second kappa shape index (κ2) is 7.95. The number of unbranched alkanes of at least 4 members (excludes halogenated alkanes) is 2. The zero-order valence-corrected chi connectivity index (χ0v) is 10.6. The van der Waals surface area contributed by atoms with Crippen LogP contribution in [0.4, 0.5) is 3.89 Å². The molecule has 1 rings (SSSR count). The maximum atomic E-state index is 11.8. The molecule has 1 aromatic rings. The molecule has 0 fully saturated rings. The third-order valence-electron chi connectivity index (χ3n) is 2.31. The van der Waals surface area contributed by atoms with Gasteiger partial charge in [0.15, 0.2) is 0 Å². The zero-order chi connectivity index (χ0) is 12.5. The Morgan fingerprint density at radius 2 is 2.06 bits per heavy atom. The number of benzene rings is 1. The molecule has 94 valence electrons. The monoisotopic (exact) mass is 257 g/mol. The van der Waals surface area contributed by atoms with Gasteiger partial charge in [-0.15, -0.1) is 3.89 Å². The molecule has 5 heteroatoms. The van der Waals surface area contributed by atoms with Crippen LogP contribution in [0.1, 0.15) is 36.5 Å². The smallest absolute Gasteiger partial charge is 0.272 e. The van der Waals surface area contributed by atoms with Crippen LogP contribution < -0.4 is 9.50 Å². The quantitative estimate of drug-likeness (QED) is 0.600. The van der Waals surface area contributed by atoms with Crippen LogP contribution in [0.15, 0.2) is 24.3 Å². The van der Waals surface area contributed by atoms with Gasteiger partial charge in [-0.2, -0.15) is 0 Å². The molecule has 0 saturated heterocycles. The van der Waals surface area contributed by atoms with Crippen molar-refractivity contribution in [2.24, 2.45) is 0 Å². The van der Waals surface area contributed by atoms with E-state index in [1.807, 2.05) is 0 Å². The van der Waals surface area contributed by atoms with Crippen molar-refractivity contribution in [1.29, 1.82) is 0 Å². The van der Waals surface area contributed by atoms with Crippen molar-refractivity contribution in [1.82, 2.24) is 5.32 Å². The zero-order valence-electron chi connectivity index (χ0n) is 9.74. The van der Waals surface area contributed by atoms with Gasteiger partial charge >= 0.3 is 0 Å². The van der Waals surface area contributed by atoms with Gasteiger partial charge in [-0.25, -0.2) is 0 Å². The molecule has 0 unspecified atom stereocenters. The van der Waals surface area contributed by atoms with Crippen LogP contribution in [-0.4, -0.2) is 12.5 Å². The maximum absolute atomic E-state index is 11.8. The normalized spacial score (nSPS) is 10.0. The van der Waals surface area contributed by atoms with Crippen LogP contribution in [0, 0.1) is 0 Å². The topological polar surface area (TPSA) is 38.3 Å². The number of amides is 1. The molecule has 0 atom stereocenters. The molecule has 0 aliphatic heterocycles. The molecule has 0 radical (unpaired) electrons. The predicted molar refractivity (Wildman–Crippen MR) is 67.6 cm³/mol. The second-order valence-electron chi connectivity index (χ2n) is 3.63. The summed E-state index contributed by atoms with van der Waals surface area (Å²) in [4.78, 5) is 11.6. The molecule has 0 aliphatic rings. The molecule has 1 amide bonds. The fraction of sp³-hybridized carbons (Fsp3) is 0.417. The van der Waals surface area contributed by atoms with Gasteiger partial charge < -0.3 is 9.50 Å². The minimum absolute atomic E-state index is 0.111. The average molecular weight is 257 g/mol. The highest BCUT2D eigenvalue weighted by Gasteiger charge is 2.04. The van der Waals surface area contributed by atoms with Crippen molar-refractivity contribution in [3.8, 4) is 5.75 Å². The van der Waals surface area contributed by atoms with Crippen molar-refractivity contribution < 1.29 is 12.9 Å². The highest BCUT2D eigenvalue weighted by atomic mass is 32.2. The molecule has 0 heterocycles. The minimum Gasteiger partial charge on any atom is -0.397 e. The summed E-state index contributed by atoms with van der Waals surface area (Å²) in [5, 5.41) is 2.83. The maximum Gasteiger partial charge on any atom is 0.272 e. The Balaban J connectivity index is 2.40. The molecule has 3 nitrogen and oxygen atoms in total. The number of halogens is 1. The van der Waals surface area contributed by atoms with Gasteiger partial charge in [0.1, 0.15) is 5.75 Å². The van der Waals surface area contributed by atoms with E-state index in [-0.39, 0.29) is 18.3 Å². The molecule has 17 heavy (non-hydrogen) atoms. The fourth-order valence-electron chi connectivity index (χ4n) is 1.38. The van der Waals surface area contributed by atoms with Crippen LogP contribution in [-0.2, 0) is 0 Å². The Bertz CT molecular complexity index is 343. The Hall–Kier alpha value is -1.23. The lowest BCUT2D eigenvalue weighted by Gasteiger charge is -2.05. The first-order chi connectivity index (χ1) is 8.27. The number of carbonyl (C=O) groups excluding carboxylic acids is 1. The van der Waals surface area contributed by atoms with E-state index in [1.54, 1.807) is 24.3 Å². The molecule has 1 aromatic carbocycles. The standard InChI is InChI=1S/C12H16FNO2S/c1-2-3-4-9-14-12(15)10-5-7-11(8-6-10)16-17-13/h5-8H,2-4,9H2,1H3,(H,14,15). The largest absolute Gasteiger partial charge is 0.397 e. The van der Waals surface area contributed by atoms with Gasteiger partial charge in [0.25, 0.3) is 18.3 Å². The third kappa shape index (κ3) is 5.08. The van der Waals surface area contributed by atoms with E-state index in [0.29, 0.717) is 17.9 Å². The van der Waals surface area contributed by atoms with Gasteiger partial charge in [-0.1, -0.05) is 19.8 Å². The van der Waals surface area contributed by atoms with E-state index in [9.17, 15) is 8.68 Å². The van der Waals surface area contributed by atoms with E-state index in [1.165, 1.54) is 0 Å². The first kappa shape index (κ1) is 13.8. The van der Waals surface area contributed by atoms with Crippen molar-refractivity contribution in [3.63, 3.8) is 0 Å². The van der Waals surface area contributed by atoms with Crippen LogP contribution in [0.2, 0.25) is 0 Å². The van der Waals surface area contributed by atoms with Crippen molar-refractivity contribution >= 4 is 18.3 Å². The van der Waals surface area contributed by atoms with E-state index in [4.69, 9.17) is 0 Å². The van der Waals surface area contributed by atoms with Gasteiger partial charge in [0, 0.05) is 12.1 Å². The molecule has 0 aromatic heterocycles. The van der Waals surface area contributed by atoms with Crippen molar-refractivity contribution in [2.45, 2.75) is 26.2 Å².